The molecule has 1 aliphatic heterocycles. The van der Waals surface area contributed by atoms with Crippen LogP contribution in [0.25, 0.3) is 0 Å². The first-order chi connectivity index (χ1) is 10.1. The minimum atomic E-state index is -0.151. The molecule has 1 aromatic carbocycles. The Morgan fingerprint density at radius 1 is 1.43 bits per heavy atom. The first-order valence-electron chi connectivity index (χ1n) is 7.20. The number of aryl methyl sites for hydroxylation is 1. The lowest BCUT2D eigenvalue weighted by molar-refractivity contribution is 0.205. The van der Waals surface area contributed by atoms with Gasteiger partial charge in [-0.25, -0.2) is 4.79 Å². The second kappa shape index (κ2) is 8.19. The highest BCUT2D eigenvalue weighted by atomic mass is 127. The number of carbonyl (C=O) groups is 1. The Labute approximate surface area is 144 Å². The summed E-state index contributed by atoms with van der Waals surface area (Å²) < 4.78 is 1.16. The Morgan fingerprint density at radius 2 is 2.14 bits per heavy atom. The van der Waals surface area contributed by atoms with Crippen molar-refractivity contribution in [3.8, 4) is 0 Å². The van der Waals surface area contributed by atoms with Crippen LogP contribution in [0.3, 0.4) is 0 Å². The van der Waals surface area contributed by atoms with Gasteiger partial charge in [0.05, 0.1) is 0 Å². The van der Waals surface area contributed by atoms with Crippen molar-refractivity contribution >= 4 is 45.9 Å². The average molecular weight is 422 g/mol. The molecule has 2 N–H and O–H groups in total. The Hall–Kier alpha value is -0.530. The lowest BCUT2D eigenvalue weighted by Crippen LogP contribution is -2.46. The summed E-state index contributed by atoms with van der Waals surface area (Å²) in [6.07, 6.45) is 2.03. The highest BCUT2D eigenvalue weighted by Gasteiger charge is 2.20. The molecule has 2 amide bonds. The topological polar surface area (TPSA) is 44.4 Å². The summed E-state index contributed by atoms with van der Waals surface area (Å²) in [5.74, 6) is 0. The zero-order valence-corrected chi connectivity index (χ0v) is 15.1. The van der Waals surface area contributed by atoms with E-state index < -0.39 is 0 Å². The lowest BCUT2D eigenvalue weighted by atomic mass is 10.1. The summed E-state index contributed by atoms with van der Waals surface area (Å²) in [5.41, 5.74) is 1.73. The molecule has 0 unspecified atom stereocenters. The van der Waals surface area contributed by atoms with Crippen molar-refractivity contribution in [2.45, 2.75) is 25.8 Å². The lowest BCUT2D eigenvalue weighted by Gasteiger charge is -2.31. The van der Waals surface area contributed by atoms with E-state index in [1.165, 1.54) is 0 Å². The molecule has 1 heterocycles. The van der Waals surface area contributed by atoms with Crippen LogP contribution in [0.1, 0.15) is 18.4 Å². The molecule has 0 bridgehead atoms. The molecule has 0 aliphatic carbocycles. The largest absolute Gasteiger partial charge is 0.335 e. The molecule has 2 rings (SSSR count). The van der Waals surface area contributed by atoms with Crippen molar-refractivity contribution in [3.63, 3.8) is 0 Å². The maximum absolute atomic E-state index is 12.0. The first-order valence-corrected chi connectivity index (χ1v) is 9.11. The molecular weight excluding hydrogens is 401 g/mol. The highest BCUT2D eigenvalue weighted by molar-refractivity contribution is 14.1. The van der Waals surface area contributed by atoms with Crippen LogP contribution < -0.4 is 10.6 Å². The number of nitrogens with one attached hydrogen (secondary N) is 2. The number of amides is 2. The fourth-order valence-corrected chi connectivity index (χ4v) is 3.31. The zero-order valence-electron chi connectivity index (χ0n) is 12.2. The maximum Gasteiger partial charge on any atom is 0.319 e. The van der Waals surface area contributed by atoms with E-state index in [1.807, 2.05) is 19.1 Å². The van der Waals surface area contributed by atoms with E-state index >= 15 is 0 Å². The number of rotatable bonds is 4. The number of carbonyl (C=O) groups excluding carboxylic acids is 1. The molecule has 0 aromatic heterocycles. The molecule has 0 saturated carbocycles. The van der Waals surface area contributed by atoms with Crippen LogP contribution in [-0.4, -0.2) is 41.0 Å². The Morgan fingerprint density at radius 3 is 2.76 bits per heavy atom. The number of hydrogen-bond donors (Lipinski definition) is 2. The van der Waals surface area contributed by atoms with Gasteiger partial charge in [-0.15, -0.1) is 0 Å². The van der Waals surface area contributed by atoms with Gasteiger partial charge < -0.3 is 15.5 Å². The van der Waals surface area contributed by atoms with Crippen LogP contribution in [0.4, 0.5) is 10.5 Å². The quantitative estimate of drug-likeness (QED) is 0.575. The van der Waals surface area contributed by atoms with Gasteiger partial charge in [0, 0.05) is 40.8 Å². The van der Waals surface area contributed by atoms with Crippen LogP contribution in [0.2, 0.25) is 5.02 Å². The first kappa shape index (κ1) is 16.8. The van der Waals surface area contributed by atoms with Crippen molar-refractivity contribution < 1.29 is 4.79 Å². The van der Waals surface area contributed by atoms with Gasteiger partial charge in [-0.2, -0.15) is 0 Å². The summed E-state index contributed by atoms with van der Waals surface area (Å²) in [6, 6.07) is 5.66. The van der Waals surface area contributed by atoms with Gasteiger partial charge >= 0.3 is 6.03 Å². The van der Waals surface area contributed by atoms with Crippen molar-refractivity contribution in [2.24, 2.45) is 0 Å². The predicted molar refractivity (Wildman–Crippen MR) is 96.7 cm³/mol. The molecule has 21 heavy (non-hydrogen) atoms. The second-order valence-corrected chi connectivity index (χ2v) is 6.85. The van der Waals surface area contributed by atoms with Crippen molar-refractivity contribution in [2.75, 3.05) is 29.4 Å². The van der Waals surface area contributed by atoms with E-state index in [9.17, 15) is 4.79 Å². The Kier molecular flexibility index (Phi) is 6.57. The third-order valence-corrected chi connectivity index (χ3v) is 4.64. The third kappa shape index (κ3) is 5.30. The van der Waals surface area contributed by atoms with Crippen LogP contribution >= 0.6 is 34.2 Å². The van der Waals surface area contributed by atoms with E-state index in [1.54, 1.807) is 6.07 Å². The van der Waals surface area contributed by atoms with E-state index in [0.29, 0.717) is 5.02 Å². The number of piperidine rings is 1. The maximum atomic E-state index is 12.0. The van der Waals surface area contributed by atoms with Gasteiger partial charge in [0.15, 0.2) is 0 Å². The number of urea groups is 1. The molecular formula is C15H21ClIN3O. The van der Waals surface area contributed by atoms with Crippen LogP contribution in [0.5, 0.6) is 0 Å². The number of halogens is 2. The zero-order chi connectivity index (χ0) is 15.2. The summed E-state index contributed by atoms with van der Waals surface area (Å²) in [6.45, 7) is 5.20. The minimum Gasteiger partial charge on any atom is -0.335 e. The normalized spacial score (nSPS) is 16.7. The number of hydrogen-bond acceptors (Lipinski definition) is 2. The molecule has 1 fully saturated rings. The summed E-state index contributed by atoms with van der Waals surface area (Å²) >= 11 is 8.46. The number of anilines is 1. The molecule has 1 saturated heterocycles. The Balaban J connectivity index is 1.78. The van der Waals surface area contributed by atoms with Crippen LogP contribution in [0, 0.1) is 6.92 Å². The molecule has 116 valence electrons. The number of alkyl halides is 1. The average Bonchev–Trinajstić information content (AvgIpc) is 2.45. The summed E-state index contributed by atoms with van der Waals surface area (Å²) in [5, 5.41) is 6.55. The van der Waals surface area contributed by atoms with E-state index in [4.69, 9.17) is 11.6 Å². The van der Waals surface area contributed by atoms with E-state index in [-0.39, 0.29) is 12.1 Å². The molecule has 1 aliphatic rings. The van der Waals surface area contributed by atoms with Crippen LogP contribution in [0.15, 0.2) is 18.2 Å². The van der Waals surface area contributed by atoms with Gasteiger partial charge in [-0.3, -0.25) is 0 Å². The van der Waals surface area contributed by atoms with Gasteiger partial charge in [0.25, 0.3) is 0 Å². The number of benzene rings is 1. The van der Waals surface area contributed by atoms with Gasteiger partial charge in [-0.05, 0) is 37.5 Å². The van der Waals surface area contributed by atoms with Crippen LogP contribution in [-0.2, 0) is 0 Å². The highest BCUT2D eigenvalue weighted by Crippen LogP contribution is 2.20. The molecule has 1 aromatic rings. The van der Waals surface area contributed by atoms with E-state index in [2.05, 4.69) is 38.1 Å². The van der Waals surface area contributed by atoms with Crippen molar-refractivity contribution in [1.82, 2.24) is 10.2 Å². The molecule has 6 heteroatoms. The number of likely N-dealkylation sites (tertiary alicyclic amines) is 1. The number of nitrogens with zero attached hydrogens (tertiary/aromatic N) is 1. The standard InChI is InChI=1S/C15H21ClIN3O/c1-11-2-3-13(10-14(11)16)19-15(21)18-12-4-7-20(8-5-12)9-6-17/h2-3,10,12H,4-9H2,1H3,(H2,18,19,21). The van der Waals surface area contributed by atoms with Crippen molar-refractivity contribution in [1.29, 1.82) is 0 Å². The summed E-state index contributed by atoms with van der Waals surface area (Å²) in [7, 11) is 0. The molecule has 4 nitrogen and oxygen atoms in total. The SMILES string of the molecule is Cc1ccc(NC(=O)NC2CCN(CCI)CC2)cc1Cl. The fourth-order valence-electron chi connectivity index (χ4n) is 2.44. The molecule has 0 radical (unpaired) electrons. The second-order valence-electron chi connectivity index (χ2n) is 5.37. The van der Waals surface area contributed by atoms with Gasteiger partial charge in [0.1, 0.15) is 0 Å². The smallest absolute Gasteiger partial charge is 0.319 e. The molecule has 0 atom stereocenters. The third-order valence-electron chi connectivity index (χ3n) is 3.75. The molecule has 0 spiro atoms. The monoisotopic (exact) mass is 421 g/mol. The van der Waals surface area contributed by atoms with Crippen molar-refractivity contribution in [3.05, 3.63) is 28.8 Å². The predicted octanol–water partition coefficient (Wildman–Crippen LogP) is 3.67. The minimum absolute atomic E-state index is 0.151. The summed E-state index contributed by atoms with van der Waals surface area (Å²) in [4.78, 5) is 14.5. The van der Waals surface area contributed by atoms with Gasteiger partial charge in [-0.1, -0.05) is 40.3 Å². The van der Waals surface area contributed by atoms with E-state index in [0.717, 1.165) is 48.2 Å². The van der Waals surface area contributed by atoms with Gasteiger partial charge in [0.2, 0.25) is 0 Å². The fraction of sp³-hybridized carbons (Fsp3) is 0.533. The Bertz CT molecular complexity index is 490.